The van der Waals surface area contributed by atoms with Crippen molar-refractivity contribution in [3.63, 3.8) is 0 Å². The lowest BCUT2D eigenvalue weighted by Crippen LogP contribution is -2.18. The Morgan fingerprint density at radius 2 is 1.95 bits per heavy atom. The van der Waals surface area contributed by atoms with Crippen molar-refractivity contribution >= 4 is 0 Å². The minimum atomic E-state index is -0.403. The molecule has 0 bridgehead atoms. The van der Waals surface area contributed by atoms with E-state index in [9.17, 15) is 4.39 Å². The van der Waals surface area contributed by atoms with Gasteiger partial charge in [-0.15, -0.1) is 0 Å². The molecule has 0 spiro atoms. The van der Waals surface area contributed by atoms with Gasteiger partial charge in [0.2, 0.25) is 0 Å². The standard InChI is InChI=1S/C17H15FN2/c18-17-13(10-19)7-4-8-14(17)11-20-16-9-15(16)12-5-2-1-3-6-12/h1-8,15-16,20H,9,11H2. The van der Waals surface area contributed by atoms with Gasteiger partial charge in [0.1, 0.15) is 11.9 Å². The Labute approximate surface area is 117 Å². The maximum atomic E-state index is 13.9. The molecule has 2 atom stereocenters. The van der Waals surface area contributed by atoms with Crippen molar-refractivity contribution in [2.45, 2.75) is 24.9 Å². The molecule has 0 aromatic heterocycles. The molecule has 1 saturated carbocycles. The van der Waals surface area contributed by atoms with E-state index in [1.807, 2.05) is 24.3 Å². The molecule has 0 radical (unpaired) electrons. The molecule has 100 valence electrons. The quantitative estimate of drug-likeness (QED) is 0.921. The highest BCUT2D eigenvalue weighted by Gasteiger charge is 2.37. The van der Waals surface area contributed by atoms with Gasteiger partial charge >= 0.3 is 0 Å². The van der Waals surface area contributed by atoms with Crippen LogP contribution in [0.4, 0.5) is 4.39 Å². The van der Waals surface area contributed by atoms with Crippen LogP contribution in [-0.2, 0) is 6.54 Å². The first-order valence-electron chi connectivity index (χ1n) is 6.75. The average molecular weight is 266 g/mol. The molecule has 3 rings (SSSR count). The average Bonchev–Trinajstić information content (AvgIpc) is 3.27. The van der Waals surface area contributed by atoms with Crippen LogP contribution < -0.4 is 5.32 Å². The Balaban J connectivity index is 1.61. The highest BCUT2D eigenvalue weighted by atomic mass is 19.1. The maximum absolute atomic E-state index is 13.9. The second-order valence-corrected chi connectivity index (χ2v) is 5.13. The van der Waals surface area contributed by atoms with Crippen LogP contribution in [0.15, 0.2) is 48.5 Å². The molecule has 0 aliphatic heterocycles. The lowest BCUT2D eigenvalue weighted by Gasteiger charge is -2.06. The fraction of sp³-hybridized carbons (Fsp3) is 0.235. The Morgan fingerprint density at radius 3 is 2.70 bits per heavy atom. The van der Waals surface area contributed by atoms with Crippen LogP contribution in [0.25, 0.3) is 0 Å². The Kier molecular flexibility index (Phi) is 3.49. The highest BCUT2D eigenvalue weighted by molar-refractivity contribution is 5.35. The summed E-state index contributed by atoms with van der Waals surface area (Å²) in [6, 6.07) is 17.6. The van der Waals surface area contributed by atoms with Gasteiger partial charge in [-0.3, -0.25) is 0 Å². The number of hydrogen-bond acceptors (Lipinski definition) is 2. The van der Waals surface area contributed by atoms with Gasteiger partial charge in [-0.1, -0.05) is 42.5 Å². The number of nitriles is 1. The molecule has 2 aromatic carbocycles. The largest absolute Gasteiger partial charge is 0.309 e. The van der Waals surface area contributed by atoms with Crippen molar-refractivity contribution in [3.05, 3.63) is 71.0 Å². The van der Waals surface area contributed by atoms with Crippen LogP contribution in [-0.4, -0.2) is 6.04 Å². The molecular formula is C17H15FN2. The third-order valence-corrected chi connectivity index (χ3v) is 3.77. The molecule has 2 unspecified atom stereocenters. The normalized spacial score (nSPS) is 20.4. The van der Waals surface area contributed by atoms with Crippen molar-refractivity contribution < 1.29 is 4.39 Å². The van der Waals surface area contributed by atoms with Gasteiger partial charge in [-0.05, 0) is 18.1 Å². The third kappa shape index (κ3) is 2.56. The summed E-state index contributed by atoms with van der Waals surface area (Å²) in [4.78, 5) is 0. The van der Waals surface area contributed by atoms with Crippen molar-refractivity contribution in [1.82, 2.24) is 5.32 Å². The number of nitrogens with zero attached hydrogens (tertiary/aromatic N) is 1. The predicted molar refractivity (Wildman–Crippen MR) is 75.5 cm³/mol. The van der Waals surface area contributed by atoms with E-state index in [1.165, 1.54) is 11.6 Å². The van der Waals surface area contributed by atoms with Gasteiger partial charge in [0.15, 0.2) is 0 Å². The van der Waals surface area contributed by atoms with Crippen molar-refractivity contribution in [2.75, 3.05) is 0 Å². The number of halogens is 1. The Hall–Kier alpha value is -2.18. The van der Waals surface area contributed by atoms with Gasteiger partial charge in [0.05, 0.1) is 5.56 Å². The summed E-state index contributed by atoms with van der Waals surface area (Å²) >= 11 is 0. The number of benzene rings is 2. The van der Waals surface area contributed by atoms with Gasteiger partial charge < -0.3 is 5.32 Å². The molecule has 0 amide bonds. The van der Waals surface area contributed by atoms with E-state index < -0.39 is 5.82 Å². The second-order valence-electron chi connectivity index (χ2n) is 5.13. The third-order valence-electron chi connectivity index (χ3n) is 3.77. The summed E-state index contributed by atoms with van der Waals surface area (Å²) in [5, 5.41) is 12.2. The molecule has 1 fully saturated rings. The second kappa shape index (κ2) is 5.44. The monoisotopic (exact) mass is 266 g/mol. The summed E-state index contributed by atoms with van der Waals surface area (Å²) in [5.74, 6) is 0.123. The zero-order chi connectivity index (χ0) is 13.9. The van der Waals surface area contributed by atoms with E-state index >= 15 is 0 Å². The Bertz CT molecular complexity index is 646. The summed E-state index contributed by atoms with van der Waals surface area (Å²) in [6.45, 7) is 0.468. The zero-order valence-electron chi connectivity index (χ0n) is 11.0. The van der Waals surface area contributed by atoms with Gasteiger partial charge in [-0.25, -0.2) is 4.39 Å². The summed E-state index contributed by atoms with van der Waals surface area (Å²) in [7, 11) is 0. The van der Waals surface area contributed by atoms with E-state index in [4.69, 9.17) is 5.26 Å². The SMILES string of the molecule is N#Cc1cccc(CNC2CC2c2ccccc2)c1F. The molecule has 1 aliphatic carbocycles. The summed E-state index contributed by atoms with van der Waals surface area (Å²) < 4.78 is 13.9. The molecule has 3 heteroatoms. The maximum Gasteiger partial charge on any atom is 0.145 e. The van der Waals surface area contributed by atoms with Crippen LogP contribution >= 0.6 is 0 Å². The van der Waals surface area contributed by atoms with Crippen LogP contribution in [0.2, 0.25) is 0 Å². The molecule has 2 aromatic rings. The zero-order valence-corrected chi connectivity index (χ0v) is 11.0. The molecule has 2 nitrogen and oxygen atoms in total. The van der Waals surface area contributed by atoms with E-state index in [-0.39, 0.29) is 5.56 Å². The van der Waals surface area contributed by atoms with Crippen molar-refractivity contribution in [1.29, 1.82) is 5.26 Å². The number of hydrogen-bond donors (Lipinski definition) is 1. The minimum absolute atomic E-state index is 0.111. The van der Waals surface area contributed by atoms with E-state index in [1.54, 1.807) is 12.1 Å². The Morgan fingerprint density at radius 1 is 1.15 bits per heavy atom. The number of nitrogens with one attached hydrogen (secondary N) is 1. The van der Waals surface area contributed by atoms with Gasteiger partial charge in [0.25, 0.3) is 0 Å². The topological polar surface area (TPSA) is 35.8 Å². The highest BCUT2D eigenvalue weighted by Crippen LogP contribution is 2.40. The minimum Gasteiger partial charge on any atom is -0.309 e. The fourth-order valence-electron chi connectivity index (χ4n) is 2.53. The summed E-state index contributed by atoms with van der Waals surface area (Å²) in [5.41, 5.74) is 2.00. The summed E-state index contributed by atoms with van der Waals surface area (Å²) in [6.07, 6.45) is 1.09. The first-order chi connectivity index (χ1) is 9.79. The molecule has 0 saturated heterocycles. The lowest BCUT2D eigenvalue weighted by atomic mass is 10.1. The van der Waals surface area contributed by atoms with Crippen molar-refractivity contribution in [2.24, 2.45) is 0 Å². The first-order valence-corrected chi connectivity index (χ1v) is 6.75. The van der Waals surface area contributed by atoms with Gasteiger partial charge in [-0.2, -0.15) is 5.26 Å². The molecule has 1 aliphatic rings. The first kappa shape index (κ1) is 12.8. The van der Waals surface area contributed by atoms with E-state index in [2.05, 4.69) is 17.4 Å². The fourth-order valence-corrected chi connectivity index (χ4v) is 2.53. The van der Waals surface area contributed by atoms with Crippen LogP contribution in [0.5, 0.6) is 0 Å². The van der Waals surface area contributed by atoms with Crippen LogP contribution in [0.3, 0.4) is 0 Å². The van der Waals surface area contributed by atoms with Crippen molar-refractivity contribution in [3.8, 4) is 6.07 Å². The molecule has 1 N–H and O–H groups in total. The smallest absolute Gasteiger partial charge is 0.145 e. The lowest BCUT2D eigenvalue weighted by molar-refractivity contribution is 0.581. The molecule has 0 heterocycles. The molecule has 20 heavy (non-hydrogen) atoms. The van der Waals surface area contributed by atoms with Crippen LogP contribution in [0.1, 0.15) is 29.0 Å². The molecular weight excluding hydrogens is 251 g/mol. The predicted octanol–water partition coefficient (Wildman–Crippen LogP) is 3.34. The van der Waals surface area contributed by atoms with Gasteiger partial charge in [0, 0.05) is 24.1 Å². The number of rotatable bonds is 4. The van der Waals surface area contributed by atoms with Crippen LogP contribution in [0, 0.1) is 17.1 Å². The van der Waals surface area contributed by atoms with E-state index in [0.717, 1.165) is 6.42 Å². The van der Waals surface area contributed by atoms with E-state index in [0.29, 0.717) is 24.1 Å².